The summed E-state index contributed by atoms with van der Waals surface area (Å²) in [6.45, 7) is 6.32. The van der Waals surface area contributed by atoms with Gasteiger partial charge in [0.2, 0.25) is 0 Å². The molecule has 0 aliphatic rings. The smallest absolute Gasteiger partial charge is 0.306 e. The van der Waals surface area contributed by atoms with E-state index in [4.69, 9.17) is 14.2 Å². The van der Waals surface area contributed by atoms with E-state index in [1.165, 1.54) is 77.0 Å². The first kappa shape index (κ1) is 61.1. The number of hydrogen-bond acceptors (Lipinski definition) is 6. The van der Waals surface area contributed by atoms with Crippen LogP contribution in [-0.2, 0) is 28.6 Å². The van der Waals surface area contributed by atoms with Gasteiger partial charge in [-0.15, -0.1) is 0 Å². The van der Waals surface area contributed by atoms with Gasteiger partial charge in [-0.2, -0.15) is 0 Å². The average Bonchev–Trinajstić information content (AvgIpc) is 3.30. The fourth-order valence-corrected chi connectivity index (χ4v) is 6.84. The fourth-order valence-electron chi connectivity index (χ4n) is 6.84. The molecule has 0 radical (unpaired) electrons. The van der Waals surface area contributed by atoms with Crippen LogP contribution in [0.2, 0.25) is 0 Å². The minimum Gasteiger partial charge on any atom is -0.462 e. The number of ether oxygens (including phenoxy) is 3. The first-order chi connectivity index (χ1) is 32.0. The summed E-state index contributed by atoms with van der Waals surface area (Å²) in [7, 11) is 0. The Bertz CT molecular complexity index is 1360. The maximum Gasteiger partial charge on any atom is 0.306 e. The summed E-state index contributed by atoms with van der Waals surface area (Å²) in [5, 5.41) is 0. The van der Waals surface area contributed by atoms with Crippen LogP contribution in [0.1, 0.15) is 226 Å². The number of carbonyl (C=O) groups excluding carboxylic acids is 3. The van der Waals surface area contributed by atoms with Gasteiger partial charge in [-0.3, -0.25) is 14.4 Å². The van der Waals surface area contributed by atoms with Crippen molar-refractivity contribution in [1.82, 2.24) is 0 Å². The summed E-state index contributed by atoms with van der Waals surface area (Å²) in [4.78, 5) is 38.0. The molecule has 0 heterocycles. The van der Waals surface area contributed by atoms with Crippen molar-refractivity contribution in [3.8, 4) is 0 Å². The number of unbranched alkanes of at least 4 members (excludes halogenated alkanes) is 17. The summed E-state index contributed by atoms with van der Waals surface area (Å²) >= 11 is 0. The summed E-state index contributed by atoms with van der Waals surface area (Å²) in [5.41, 5.74) is 0. The fraction of sp³-hybridized carbons (Fsp3) is 0.644. The van der Waals surface area contributed by atoms with Gasteiger partial charge in [0.15, 0.2) is 6.10 Å². The van der Waals surface area contributed by atoms with Crippen LogP contribution >= 0.6 is 0 Å². The molecule has 0 aromatic carbocycles. The first-order valence-corrected chi connectivity index (χ1v) is 26.4. The maximum atomic E-state index is 12.8. The minimum atomic E-state index is -0.817. The molecule has 0 aromatic rings. The standard InChI is InChI=1S/C59H96O6/c1-4-7-10-13-16-19-22-25-27-29-31-34-37-40-43-46-49-52-58(61)64-55-56(54-63-57(60)51-48-45-42-39-36-33-24-21-18-15-12-9-6-3)65-59(62)53-50-47-44-41-38-35-32-30-28-26-23-20-17-14-11-8-5-2/h7,9-10,12,16,18-19,21,25-28,31,33-34,36,40,43,56H,4-6,8,11,13-15,17,20,22-24,29-30,32,35,37-39,41-42,44-55H2,1-3H3/b10-7-,12-9-,19-16-,21-18-,27-25-,28-26-,34-31-,36-33-,43-40-. The largest absolute Gasteiger partial charge is 0.462 e. The summed E-state index contributed by atoms with van der Waals surface area (Å²) in [6, 6.07) is 0. The van der Waals surface area contributed by atoms with Crippen LogP contribution < -0.4 is 0 Å². The Balaban J connectivity index is 4.52. The molecule has 0 N–H and O–H groups in total. The second-order valence-electron chi connectivity index (χ2n) is 17.0. The molecule has 0 saturated heterocycles. The van der Waals surface area contributed by atoms with Gasteiger partial charge in [0, 0.05) is 19.3 Å². The number of rotatable bonds is 46. The van der Waals surface area contributed by atoms with Crippen molar-refractivity contribution in [3.63, 3.8) is 0 Å². The molecule has 0 aromatic heterocycles. The van der Waals surface area contributed by atoms with Crippen LogP contribution in [0.3, 0.4) is 0 Å². The molecule has 0 saturated carbocycles. The van der Waals surface area contributed by atoms with E-state index in [2.05, 4.69) is 130 Å². The Hall–Kier alpha value is -3.93. The molecule has 0 spiro atoms. The molecule has 0 rings (SSSR count). The Morgan fingerprint density at radius 1 is 0.323 bits per heavy atom. The minimum absolute atomic E-state index is 0.114. The third-order valence-electron chi connectivity index (χ3n) is 10.7. The number of carbonyl (C=O) groups is 3. The van der Waals surface area contributed by atoms with E-state index in [0.717, 1.165) is 103 Å². The Labute approximate surface area is 400 Å². The lowest BCUT2D eigenvalue weighted by Crippen LogP contribution is -2.30. The van der Waals surface area contributed by atoms with Crippen molar-refractivity contribution in [1.29, 1.82) is 0 Å². The van der Waals surface area contributed by atoms with E-state index >= 15 is 0 Å². The quantitative estimate of drug-likeness (QED) is 0.0262. The second kappa shape index (κ2) is 52.7. The number of esters is 3. The summed E-state index contributed by atoms with van der Waals surface area (Å²) in [6.07, 6.45) is 70.8. The van der Waals surface area contributed by atoms with E-state index in [-0.39, 0.29) is 37.5 Å². The van der Waals surface area contributed by atoms with Crippen LogP contribution in [0.25, 0.3) is 0 Å². The van der Waals surface area contributed by atoms with E-state index < -0.39 is 6.10 Å². The van der Waals surface area contributed by atoms with Crippen LogP contribution in [0, 0.1) is 0 Å². The van der Waals surface area contributed by atoms with Crippen molar-refractivity contribution < 1.29 is 28.6 Å². The molecule has 0 bridgehead atoms. The van der Waals surface area contributed by atoms with Crippen LogP contribution in [0.15, 0.2) is 109 Å². The third kappa shape index (κ3) is 50.9. The molecular formula is C59H96O6. The molecule has 0 aliphatic heterocycles. The monoisotopic (exact) mass is 901 g/mol. The van der Waals surface area contributed by atoms with Gasteiger partial charge in [-0.25, -0.2) is 0 Å². The predicted molar refractivity (Wildman–Crippen MR) is 279 cm³/mol. The number of hydrogen-bond donors (Lipinski definition) is 0. The molecule has 6 heteroatoms. The topological polar surface area (TPSA) is 78.9 Å². The van der Waals surface area contributed by atoms with Gasteiger partial charge in [0.05, 0.1) is 0 Å². The van der Waals surface area contributed by atoms with Gasteiger partial charge < -0.3 is 14.2 Å². The maximum absolute atomic E-state index is 12.8. The van der Waals surface area contributed by atoms with Crippen LogP contribution in [-0.4, -0.2) is 37.2 Å². The molecule has 6 nitrogen and oxygen atoms in total. The summed E-state index contributed by atoms with van der Waals surface area (Å²) < 4.78 is 16.7. The van der Waals surface area contributed by atoms with Crippen molar-refractivity contribution in [2.45, 2.75) is 232 Å². The zero-order chi connectivity index (χ0) is 47.2. The lowest BCUT2D eigenvalue weighted by Gasteiger charge is -2.18. The Kier molecular flexibility index (Phi) is 49.5. The molecule has 368 valence electrons. The first-order valence-electron chi connectivity index (χ1n) is 26.4. The van der Waals surface area contributed by atoms with Crippen molar-refractivity contribution in [2.75, 3.05) is 13.2 Å². The molecule has 0 fully saturated rings. The lowest BCUT2D eigenvalue weighted by molar-refractivity contribution is -0.167. The highest BCUT2D eigenvalue weighted by Crippen LogP contribution is 2.13. The SMILES string of the molecule is CC/C=C\C/C=C\C/C=C\C/C=C\C/C=C\CCCC(=O)OCC(COC(=O)CCCCC/C=C\C/C=C\C/C=C\CC)OC(=O)CCCCCCCCC/C=C\CCCCCCCC. The Morgan fingerprint density at radius 2 is 0.615 bits per heavy atom. The van der Waals surface area contributed by atoms with Crippen LogP contribution in [0.5, 0.6) is 0 Å². The molecule has 1 unspecified atom stereocenters. The van der Waals surface area contributed by atoms with Gasteiger partial charge in [-0.05, 0) is 116 Å². The second-order valence-corrected chi connectivity index (χ2v) is 17.0. The van der Waals surface area contributed by atoms with E-state index in [0.29, 0.717) is 19.3 Å². The van der Waals surface area contributed by atoms with Gasteiger partial charge in [-0.1, -0.05) is 201 Å². The Morgan fingerprint density at radius 3 is 1.03 bits per heavy atom. The van der Waals surface area contributed by atoms with Gasteiger partial charge in [0.25, 0.3) is 0 Å². The highest BCUT2D eigenvalue weighted by Gasteiger charge is 2.19. The number of allylic oxidation sites excluding steroid dienone is 18. The highest BCUT2D eigenvalue weighted by molar-refractivity contribution is 5.71. The average molecular weight is 901 g/mol. The van der Waals surface area contributed by atoms with E-state index in [9.17, 15) is 14.4 Å². The van der Waals surface area contributed by atoms with Crippen molar-refractivity contribution >= 4 is 17.9 Å². The van der Waals surface area contributed by atoms with Crippen LogP contribution in [0.4, 0.5) is 0 Å². The van der Waals surface area contributed by atoms with Gasteiger partial charge in [0.1, 0.15) is 13.2 Å². The molecular weight excluding hydrogens is 805 g/mol. The third-order valence-corrected chi connectivity index (χ3v) is 10.7. The van der Waals surface area contributed by atoms with Gasteiger partial charge >= 0.3 is 17.9 Å². The predicted octanol–water partition coefficient (Wildman–Crippen LogP) is 17.5. The van der Waals surface area contributed by atoms with E-state index in [1.54, 1.807) is 0 Å². The normalized spacial score (nSPS) is 13.0. The highest BCUT2D eigenvalue weighted by atomic mass is 16.6. The zero-order valence-electron chi connectivity index (χ0n) is 42.0. The molecule has 65 heavy (non-hydrogen) atoms. The van der Waals surface area contributed by atoms with E-state index in [1.807, 2.05) is 0 Å². The zero-order valence-corrected chi connectivity index (χ0v) is 42.0. The molecule has 1 atom stereocenters. The summed E-state index contributed by atoms with van der Waals surface area (Å²) in [5.74, 6) is -1.01. The van der Waals surface area contributed by atoms with Crippen molar-refractivity contribution in [2.24, 2.45) is 0 Å². The lowest BCUT2D eigenvalue weighted by atomic mass is 10.1. The molecule has 0 aliphatic carbocycles. The van der Waals surface area contributed by atoms with Crippen molar-refractivity contribution in [3.05, 3.63) is 109 Å². The molecule has 0 amide bonds.